The van der Waals surface area contributed by atoms with Crippen molar-refractivity contribution in [2.24, 2.45) is 5.73 Å². The summed E-state index contributed by atoms with van der Waals surface area (Å²) in [5, 5.41) is 0. The molecular weight excluding hydrogens is 264 g/mol. The van der Waals surface area contributed by atoms with E-state index < -0.39 is 9.84 Å². The number of nitrogens with two attached hydrogens (primary N) is 1. The van der Waals surface area contributed by atoms with Crippen LogP contribution in [-0.2, 0) is 9.84 Å². The van der Waals surface area contributed by atoms with Crippen LogP contribution in [-0.4, -0.2) is 51.6 Å². The van der Waals surface area contributed by atoms with Crippen LogP contribution in [0.25, 0.3) is 0 Å². The molecule has 19 heavy (non-hydrogen) atoms. The lowest BCUT2D eigenvalue weighted by atomic mass is 10.0. The van der Waals surface area contributed by atoms with Crippen molar-refractivity contribution in [2.45, 2.75) is 6.04 Å². The Hall–Kier alpha value is -1.11. The van der Waals surface area contributed by atoms with E-state index in [0.29, 0.717) is 19.6 Å². The van der Waals surface area contributed by atoms with Crippen LogP contribution >= 0.6 is 0 Å². The van der Waals surface area contributed by atoms with Crippen molar-refractivity contribution in [2.75, 3.05) is 38.2 Å². The van der Waals surface area contributed by atoms with E-state index in [9.17, 15) is 8.42 Å². The zero-order valence-electron chi connectivity index (χ0n) is 11.1. The first kappa shape index (κ1) is 14.3. The lowest BCUT2D eigenvalue weighted by Gasteiger charge is -2.34. The van der Waals surface area contributed by atoms with Gasteiger partial charge in [-0.3, -0.25) is 4.90 Å². The third-order valence-electron chi connectivity index (χ3n) is 3.52. The molecule has 6 heteroatoms. The van der Waals surface area contributed by atoms with Crippen molar-refractivity contribution in [3.8, 4) is 5.75 Å². The predicted octanol–water partition coefficient (Wildman–Crippen LogP) is 0.425. The van der Waals surface area contributed by atoms with E-state index in [0.717, 1.165) is 11.3 Å². The SMILES string of the molecule is COc1cccc(C(CN)N2CCS(=O)(=O)CC2)c1. The molecule has 106 valence electrons. The topological polar surface area (TPSA) is 72.6 Å². The van der Waals surface area contributed by atoms with E-state index in [4.69, 9.17) is 10.5 Å². The third-order valence-corrected chi connectivity index (χ3v) is 5.13. The van der Waals surface area contributed by atoms with Gasteiger partial charge in [-0.15, -0.1) is 0 Å². The Balaban J connectivity index is 2.15. The van der Waals surface area contributed by atoms with Gasteiger partial charge in [0.1, 0.15) is 5.75 Å². The van der Waals surface area contributed by atoms with Gasteiger partial charge in [0.05, 0.1) is 18.6 Å². The predicted molar refractivity (Wildman–Crippen MR) is 75.0 cm³/mol. The summed E-state index contributed by atoms with van der Waals surface area (Å²) < 4.78 is 28.1. The summed E-state index contributed by atoms with van der Waals surface area (Å²) in [5.74, 6) is 1.22. The lowest BCUT2D eigenvalue weighted by Crippen LogP contribution is -2.44. The van der Waals surface area contributed by atoms with Crippen LogP contribution in [0.4, 0.5) is 0 Å². The number of rotatable bonds is 4. The molecule has 1 aromatic carbocycles. The maximum absolute atomic E-state index is 11.5. The summed E-state index contributed by atoms with van der Waals surface area (Å²) in [6.45, 7) is 1.55. The van der Waals surface area contributed by atoms with Crippen LogP contribution in [0.2, 0.25) is 0 Å². The van der Waals surface area contributed by atoms with Crippen molar-refractivity contribution in [3.63, 3.8) is 0 Å². The maximum Gasteiger partial charge on any atom is 0.152 e. The minimum atomic E-state index is -2.86. The Morgan fingerprint density at radius 3 is 2.63 bits per heavy atom. The van der Waals surface area contributed by atoms with Crippen molar-refractivity contribution < 1.29 is 13.2 Å². The minimum absolute atomic E-state index is 0.0469. The third kappa shape index (κ3) is 3.46. The molecule has 0 amide bonds. The summed E-state index contributed by atoms with van der Waals surface area (Å²) in [5.41, 5.74) is 6.93. The molecule has 0 bridgehead atoms. The molecule has 1 aliphatic heterocycles. The highest BCUT2D eigenvalue weighted by molar-refractivity contribution is 7.91. The zero-order valence-corrected chi connectivity index (χ0v) is 11.9. The fourth-order valence-electron chi connectivity index (χ4n) is 2.38. The molecule has 1 atom stereocenters. The van der Waals surface area contributed by atoms with E-state index in [1.807, 2.05) is 24.3 Å². The Morgan fingerprint density at radius 1 is 1.37 bits per heavy atom. The van der Waals surface area contributed by atoms with Crippen LogP contribution in [0.3, 0.4) is 0 Å². The van der Waals surface area contributed by atoms with Crippen molar-refractivity contribution in [1.29, 1.82) is 0 Å². The summed E-state index contributed by atoms with van der Waals surface area (Å²) in [6, 6.07) is 7.82. The molecule has 1 aliphatic rings. The molecule has 0 radical (unpaired) electrons. The molecule has 5 nitrogen and oxygen atoms in total. The van der Waals surface area contributed by atoms with Gasteiger partial charge in [0.15, 0.2) is 9.84 Å². The minimum Gasteiger partial charge on any atom is -0.497 e. The van der Waals surface area contributed by atoms with Crippen LogP contribution < -0.4 is 10.5 Å². The summed E-state index contributed by atoms with van der Waals surface area (Å²) >= 11 is 0. The van der Waals surface area contributed by atoms with Gasteiger partial charge in [0, 0.05) is 25.7 Å². The Kier molecular flexibility index (Phi) is 4.44. The Bertz CT molecular complexity index is 516. The first-order chi connectivity index (χ1) is 9.05. The molecule has 1 heterocycles. The van der Waals surface area contributed by atoms with Crippen LogP contribution in [0.5, 0.6) is 5.75 Å². The van der Waals surface area contributed by atoms with Crippen LogP contribution in [0, 0.1) is 0 Å². The second kappa shape index (κ2) is 5.90. The average molecular weight is 284 g/mol. The Morgan fingerprint density at radius 2 is 2.05 bits per heavy atom. The van der Waals surface area contributed by atoms with Crippen molar-refractivity contribution in [3.05, 3.63) is 29.8 Å². The molecule has 1 unspecified atom stereocenters. The molecule has 2 rings (SSSR count). The zero-order chi connectivity index (χ0) is 13.9. The monoisotopic (exact) mass is 284 g/mol. The van der Waals surface area contributed by atoms with Gasteiger partial charge in [-0.05, 0) is 17.7 Å². The van der Waals surface area contributed by atoms with Gasteiger partial charge in [0.25, 0.3) is 0 Å². The maximum atomic E-state index is 11.5. The molecule has 0 spiro atoms. The molecular formula is C13H20N2O3S. The normalized spacial score (nSPS) is 20.9. The van der Waals surface area contributed by atoms with E-state index in [1.54, 1.807) is 7.11 Å². The van der Waals surface area contributed by atoms with E-state index >= 15 is 0 Å². The number of nitrogens with zero attached hydrogens (tertiary/aromatic N) is 1. The van der Waals surface area contributed by atoms with Gasteiger partial charge >= 0.3 is 0 Å². The summed E-state index contributed by atoms with van der Waals surface area (Å²) in [4.78, 5) is 2.13. The largest absolute Gasteiger partial charge is 0.497 e. The smallest absolute Gasteiger partial charge is 0.152 e. The fourth-order valence-corrected chi connectivity index (χ4v) is 3.61. The van der Waals surface area contributed by atoms with Gasteiger partial charge in [-0.2, -0.15) is 0 Å². The Labute approximate surface area is 114 Å². The number of hydrogen-bond acceptors (Lipinski definition) is 5. The average Bonchev–Trinajstić information content (AvgIpc) is 2.41. The van der Waals surface area contributed by atoms with E-state index in [-0.39, 0.29) is 17.5 Å². The summed E-state index contributed by atoms with van der Waals surface area (Å²) in [7, 11) is -1.23. The number of ether oxygens (including phenoxy) is 1. The quantitative estimate of drug-likeness (QED) is 0.868. The first-order valence-corrected chi connectivity index (χ1v) is 8.16. The van der Waals surface area contributed by atoms with E-state index in [1.165, 1.54) is 0 Å². The number of benzene rings is 1. The standard InChI is InChI=1S/C13H20N2O3S/c1-18-12-4-2-3-11(9-12)13(10-14)15-5-7-19(16,17)8-6-15/h2-4,9,13H,5-8,10,14H2,1H3. The summed E-state index contributed by atoms with van der Waals surface area (Å²) in [6.07, 6.45) is 0. The van der Waals surface area contributed by atoms with Gasteiger partial charge < -0.3 is 10.5 Å². The van der Waals surface area contributed by atoms with Crippen molar-refractivity contribution in [1.82, 2.24) is 4.90 Å². The molecule has 1 saturated heterocycles. The lowest BCUT2D eigenvalue weighted by molar-refractivity contribution is 0.218. The highest BCUT2D eigenvalue weighted by Crippen LogP contribution is 2.24. The molecule has 1 aromatic rings. The molecule has 0 saturated carbocycles. The highest BCUT2D eigenvalue weighted by Gasteiger charge is 2.27. The van der Waals surface area contributed by atoms with Gasteiger partial charge in [0.2, 0.25) is 0 Å². The first-order valence-electron chi connectivity index (χ1n) is 6.34. The highest BCUT2D eigenvalue weighted by atomic mass is 32.2. The number of hydrogen-bond donors (Lipinski definition) is 1. The molecule has 1 fully saturated rings. The molecule has 0 aromatic heterocycles. The molecule has 0 aliphatic carbocycles. The number of methoxy groups -OCH3 is 1. The number of sulfone groups is 1. The van der Waals surface area contributed by atoms with Gasteiger partial charge in [-0.1, -0.05) is 12.1 Å². The van der Waals surface area contributed by atoms with Gasteiger partial charge in [-0.25, -0.2) is 8.42 Å². The molecule has 2 N–H and O–H groups in total. The second-order valence-electron chi connectivity index (χ2n) is 4.72. The van der Waals surface area contributed by atoms with Crippen LogP contribution in [0.15, 0.2) is 24.3 Å². The van der Waals surface area contributed by atoms with E-state index in [2.05, 4.69) is 4.90 Å². The fraction of sp³-hybridized carbons (Fsp3) is 0.538. The van der Waals surface area contributed by atoms with Crippen LogP contribution in [0.1, 0.15) is 11.6 Å². The van der Waals surface area contributed by atoms with Crippen molar-refractivity contribution >= 4 is 9.84 Å². The second-order valence-corrected chi connectivity index (χ2v) is 7.02.